The molecule has 0 spiro atoms. The Kier molecular flexibility index (Phi) is 5.68. The number of aryl methyl sites for hydroxylation is 1. The Morgan fingerprint density at radius 2 is 1.81 bits per heavy atom. The molecule has 0 saturated heterocycles. The Morgan fingerprint density at radius 1 is 1.10 bits per heavy atom. The van der Waals surface area contributed by atoms with Crippen LogP contribution in [-0.2, 0) is 11.2 Å². The highest BCUT2D eigenvalue weighted by molar-refractivity contribution is 6.30. The van der Waals surface area contributed by atoms with Crippen LogP contribution in [0.1, 0.15) is 17.0 Å². The van der Waals surface area contributed by atoms with Crippen molar-refractivity contribution in [3.8, 4) is 22.8 Å². The van der Waals surface area contributed by atoms with E-state index >= 15 is 0 Å². The van der Waals surface area contributed by atoms with Crippen LogP contribution >= 0.6 is 11.6 Å². The van der Waals surface area contributed by atoms with Gasteiger partial charge in [0, 0.05) is 21.8 Å². The maximum absolute atomic E-state index is 12.6. The Hall–Kier alpha value is -3.71. The number of carbonyl (C=O) groups excluding carboxylic acids is 1. The van der Waals surface area contributed by atoms with Crippen molar-refractivity contribution in [2.75, 3.05) is 5.32 Å². The molecule has 0 radical (unpaired) electrons. The summed E-state index contributed by atoms with van der Waals surface area (Å²) in [6.07, 6.45) is 3.27. The topological polar surface area (TPSA) is 92.9 Å². The van der Waals surface area contributed by atoms with Crippen LogP contribution in [0.5, 0.6) is 5.75 Å². The fourth-order valence-corrected chi connectivity index (χ4v) is 3.44. The zero-order chi connectivity index (χ0) is 22.0. The van der Waals surface area contributed by atoms with E-state index in [4.69, 9.17) is 11.6 Å². The molecular weight excluding hydrogens is 414 g/mol. The predicted octanol–water partition coefficient (Wildman–Crippen LogP) is 4.49. The highest BCUT2D eigenvalue weighted by Crippen LogP contribution is 2.22. The van der Waals surface area contributed by atoms with Crippen molar-refractivity contribution < 1.29 is 9.90 Å². The van der Waals surface area contributed by atoms with E-state index < -0.39 is 0 Å². The highest BCUT2D eigenvalue weighted by atomic mass is 35.5. The maximum Gasteiger partial charge on any atom is 0.229 e. The summed E-state index contributed by atoms with van der Waals surface area (Å²) >= 11 is 5.97. The number of amides is 1. The summed E-state index contributed by atoms with van der Waals surface area (Å²) in [5.74, 6) is 0.420. The SMILES string of the molecule is Cc1nn(-c2ccc(Cl)cc2)c(C)c1CC(=O)Nc1cnc(-c2cccc(O)c2)nc1. The summed E-state index contributed by atoms with van der Waals surface area (Å²) < 4.78 is 1.81. The molecule has 0 bridgehead atoms. The van der Waals surface area contributed by atoms with Crippen LogP contribution in [0, 0.1) is 13.8 Å². The molecule has 8 heteroatoms. The predicted molar refractivity (Wildman–Crippen MR) is 120 cm³/mol. The van der Waals surface area contributed by atoms with Gasteiger partial charge in [-0.25, -0.2) is 14.6 Å². The highest BCUT2D eigenvalue weighted by Gasteiger charge is 2.16. The first-order valence-electron chi connectivity index (χ1n) is 9.63. The van der Waals surface area contributed by atoms with Gasteiger partial charge in [0.25, 0.3) is 0 Å². The number of anilines is 1. The first-order chi connectivity index (χ1) is 14.9. The first kappa shape index (κ1) is 20.6. The fraction of sp³-hybridized carbons (Fsp3) is 0.130. The number of hydrogen-bond donors (Lipinski definition) is 2. The molecule has 2 aromatic carbocycles. The minimum Gasteiger partial charge on any atom is -0.508 e. The number of aromatic nitrogens is 4. The number of halogens is 1. The van der Waals surface area contributed by atoms with Gasteiger partial charge in [-0.05, 0) is 50.2 Å². The molecule has 0 saturated carbocycles. The van der Waals surface area contributed by atoms with Crippen molar-refractivity contribution in [2.45, 2.75) is 20.3 Å². The van der Waals surface area contributed by atoms with Gasteiger partial charge in [-0.3, -0.25) is 4.79 Å². The molecule has 4 rings (SSSR count). The summed E-state index contributed by atoms with van der Waals surface area (Å²) in [5.41, 5.74) is 4.62. The lowest BCUT2D eigenvalue weighted by Crippen LogP contribution is -2.15. The van der Waals surface area contributed by atoms with Gasteiger partial charge in [0.05, 0.1) is 35.9 Å². The van der Waals surface area contributed by atoms with E-state index in [0.29, 0.717) is 22.1 Å². The molecule has 0 unspecified atom stereocenters. The van der Waals surface area contributed by atoms with Crippen LogP contribution in [0.4, 0.5) is 5.69 Å². The number of aromatic hydroxyl groups is 1. The molecule has 0 aliphatic carbocycles. The third-order valence-corrected chi connectivity index (χ3v) is 5.14. The third kappa shape index (κ3) is 4.57. The molecule has 0 aliphatic rings. The molecule has 2 N–H and O–H groups in total. The molecule has 156 valence electrons. The van der Waals surface area contributed by atoms with Crippen molar-refractivity contribution >= 4 is 23.2 Å². The lowest BCUT2D eigenvalue weighted by molar-refractivity contribution is -0.115. The molecule has 0 fully saturated rings. The Bertz CT molecular complexity index is 1230. The molecule has 0 atom stereocenters. The van der Waals surface area contributed by atoms with Gasteiger partial charge >= 0.3 is 0 Å². The van der Waals surface area contributed by atoms with Gasteiger partial charge in [0.2, 0.25) is 5.91 Å². The summed E-state index contributed by atoms with van der Waals surface area (Å²) in [4.78, 5) is 21.2. The second kappa shape index (κ2) is 8.57. The molecular formula is C23H20ClN5O2. The zero-order valence-corrected chi connectivity index (χ0v) is 17.8. The first-order valence-corrected chi connectivity index (χ1v) is 10.0. The van der Waals surface area contributed by atoms with E-state index in [-0.39, 0.29) is 18.1 Å². The van der Waals surface area contributed by atoms with Crippen molar-refractivity contribution in [3.05, 3.63) is 82.9 Å². The molecule has 0 aliphatic heterocycles. The van der Waals surface area contributed by atoms with E-state index in [2.05, 4.69) is 20.4 Å². The van der Waals surface area contributed by atoms with E-state index in [1.807, 2.05) is 30.7 Å². The van der Waals surface area contributed by atoms with Gasteiger partial charge in [0.1, 0.15) is 5.75 Å². The van der Waals surface area contributed by atoms with Gasteiger partial charge in [0.15, 0.2) is 5.82 Å². The smallest absolute Gasteiger partial charge is 0.229 e. The van der Waals surface area contributed by atoms with Crippen molar-refractivity contribution in [2.24, 2.45) is 0 Å². The quantitative estimate of drug-likeness (QED) is 0.483. The Balaban J connectivity index is 1.47. The van der Waals surface area contributed by atoms with Crippen molar-refractivity contribution in [3.63, 3.8) is 0 Å². The average molecular weight is 434 g/mol. The summed E-state index contributed by atoms with van der Waals surface area (Å²) in [6.45, 7) is 3.82. The number of nitrogens with one attached hydrogen (secondary N) is 1. The van der Waals surface area contributed by atoms with Crippen LogP contribution in [0.15, 0.2) is 60.9 Å². The fourth-order valence-electron chi connectivity index (χ4n) is 3.32. The number of carbonyl (C=O) groups is 1. The second-order valence-electron chi connectivity index (χ2n) is 7.11. The largest absolute Gasteiger partial charge is 0.508 e. The van der Waals surface area contributed by atoms with Crippen molar-refractivity contribution in [1.82, 2.24) is 19.7 Å². The lowest BCUT2D eigenvalue weighted by Gasteiger charge is -2.07. The van der Waals surface area contributed by atoms with Crippen LogP contribution in [0.2, 0.25) is 5.02 Å². The number of benzene rings is 2. The average Bonchev–Trinajstić information content (AvgIpc) is 3.03. The minimum atomic E-state index is -0.185. The van der Waals surface area contributed by atoms with E-state index in [9.17, 15) is 9.90 Å². The number of phenolic OH excluding ortho intramolecular Hbond substituents is 1. The molecule has 1 amide bonds. The molecule has 2 aromatic heterocycles. The molecule has 4 aromatic rings. The Morgan fingerprint density at radius 3 is 2.48 bits per heavy atom. The minimum absolute atomic E-state index is 0.142. The van der Waals surface area contributed by atoms with E-state index in [0.717, 1.165) is 22.6 Å². The van der Waals surface area contributed by atoms with Gasteiger partial charge in [-0.2, -0.15) is 5.10 Å². The molecule has 31 heavy (non-hydrogen) atoms. The maximum atomic E-state index is 12.6. The standard InChI is InChI=1S/C23H20ClN5O2/c1-14-21(15(2)29(28-14)19-8-6-17(24)7-9-19)11-22(31)27-18-12-25-23(26-13-18)16-4-3-5-20(30)10-16/h3-10,12-13,30H,11H2,1-2H3,(H,27,31). The van der Waals surface area contributed by atoms with E-state index in [1.54, 1.807) is 48.8 Å². The number of phenols is 1. The number of nitrogens with zero attached hydrogens (tertiary/aromatic N) is 4. The van der Waals surface area contributed by atoms with Gasteiger partial charge in [-0.1, -0.05) is 23.7 Å². The van der Waals surface area contributed by atoms with Crippen LogP contribution < -0.4 is 5.32 Å². The molecule has 2 heterocycles. The number of rotatable bonds is 5. The normalized spacial score (nSPS) is 10.8. The molecule has 7 nitrogen and oxygen atoms in total. The monoisotopic (exact) mass is 433 g/mol. The second-order valence-corrected chi connectivity index (χ2v) is 7.54. The lowest BCUT2D eigenvalue weighted by atomic mass is 10.1. The number of hydrogen-bond acceptors (Lipinski definition) is 5. The third-order valence-electron chi connectivity index (χ3n) is 4.89. The zero-order valence-electron chi connectivity index (χ0n) is 17.0. The van der Waals surface area contributed by atoms with Crippen LogP contribution in [0.25, 0.3) is 17.1 Å². The summed E-state index contributed by atoms with van der Waals surface area (Å²) in [6, 6.07) is 14.1. The Labute approximate surface area is 184 Å². The van der Waals surface area contributed by atoms with Gasteiger partial charge < -0.3 is 10.4 Å². The van der Waals surface area contributed by atoms with Gasteiger partial charge in [-0.15, -0.1) is 0 Å². The van der Waals surface area contributed by atoms with Crippen LogP contribution in [-0.4, -0.2) is 30.8 Å². The summed E-state index contributed by atoms with van der Waals surface area (Å²) in [5, 5.41) is 17.6. The summed E-state index contributed by atoms with van der Waals surface area (Å²) in [7, 11) is 0. The van der Waals surface area contributed by atoms with Crippen LogP contribution in [0.3, 0.4) is 0 Å². The van der Waals surface area contributed by atoms with Crippen molar-refractivity contribution in [1.29, 1.82) is 0 Å². The van der Waals surface area contributed by atoms with E-state index in [1.165, 1.54) is 0 Å².